The molecule has 1 atom stereocenters. The molecule has 0 aliphatic carbocycles. The lowest BCUT2D eigenvalue weighted by Gasteiger charge is -2.27. The minimum Gasteiger partial charge on any atom is -0.466 e. The van der Waals surface area contributed by atoms with E-state index in [4.69, 9.17) is 4.74 Å². The van der Waals surface area contributed by atoms with Crippen LogP contribution >= 0.6 is 15.9 Å². The van der Waals surface area contributed by atoms with Gasteiger partial charge < -0.3 is 15.4 Å². The van der Waals surface area contributed by atoms with Gasteiger partial charge in [0.05, 0.1) is 23.2 Å². The molecule has 0 bridgehead atoms. The largest absolute Gasteiger partial charge is 0.466 e. The Balaban J connectivity index is 2.50. The first-order valence-corrected chi connectivity index (χ1v) is 6.55. The number of carbonyl (C=O) groups is 2. The van der Waals surface area contributed by atoms with Gasteiger partial charge in [0.1, 0.15) is 5.82 Å². The van der Waals surface area contributed by atoms with Crippen LogP contribution in [-0.4, -0.2) is 19.1 Å². The van der Waals surface area contributed by atoms with Gasteiger partial charge in [-0.3, -0.25) is 0 Å². The number of urea groups is 1. The predicted molar refractivity (Wildman–Crippen MR) is 73.2 cm³/mol. The van der Waals surface area contributed by atoms with Crippen molar-refractivity contribution in [2.75, 3.05) is 7.11 Å². The fourth-order valence-electron chi connectivity index (χ4n) is 2.02. The van der Waals surface area contributed by atoms with Crippen molar-refractivity contribution in [3.8, 4) is 0 Å². The van der Waals surface area contributed by atoms with Crippen LogP contribution in [0.5, 0.6) is 0 Å². The Bertz CT molecular complexity index is 616. The summed E-state index contributed by atoms with van der Waals surface area (Å²) < 4.78 is 18.3. The van der Waals surface area contributed by atoms with Crippen LogP contribution in [0.3, 0.4) is 0 Å². The second-order valence-corrected chi connectivity index (χ2v) is 5.09. The number of hydrogen-bond donors (Lipinski definition) is 2. The normalized spacial score (nSPS) is 18.4. The van der Waals surface area contributed by atoms with Crippen molar-refractivity contribution in [1.29, 1.82) is 0 Å². The molecule has 1 heterocycles. The van der Waals surface area contributed by atoms with Crippen LogP contribution in [0.25, 0.3) is 0 Å². The van der Waals surface area contributed by atoms with Crippen molar-refractivity contribution in [3.05, 3.63) is 45.3 Å². The van der Waals surface area contributed by atoms with Crippen LogP contribution < -0.4 is 10.6 Å². The summed E-state index contributed by atoms with van der Waals surface area (Å²) in [4.78, 5) is 23.4. The number of benzene rings is 1. The number of halogens is 2. The Kier molecular flexibility index (Phi) is 4.08. The second kappa shape index (κ2) is 5.62. The molecule has 0 saturated carbocycles. The maximum Gasteiger partial charge on any atom is 0.337 e. The van der Waals surface area contributed by atoms with Crippen LogP contribution in [0, 0.1) is 5.82 Å². The third kappa shape index (κ3) is 2.67. The lowest BCUT2D eigenvalue weighted by Crippen LogP contribution is -2.45. The lowest BCUT2D eigenvalue weighted by molar-refractivity contribution is -0.136. The summed E-state index contributed by atoms with van der Waals surface area (Å²) in [6.45, 7) is 1.61. The van der Waals surface area contributed by atoms with E-state index >= 15 is 0 Å². The summed E-state index contributed by atoms with van der Waals surface area (Å²) in [5.74, 6) is -0.977. The molecule has 1 aromatic carbocycles. The molecular weight excluding hydrogens is 331 g/mol. The van der Waals surface area contributed by atoms with E-state index in [1.54, 1.807) is 6.92 Å². The van der Waals surface area contributed by atoms with Crippen molar-refractivity contribution >= 4 is 27.9 Å². The number of allylic oxidation sites excluding steroid dienone is 1. The molecule has 1 aromatic rings. The first-order chi connectivity index (χ1) is 9.43. The zero-order chi connectivity index (χ0) is 14.9. The van der Waals surface area contributed by atoms with E-state index in [9.17, 15) is 14.0 Å². The van der Waals surface area contributed by atoms with Gasteiger partial charge in [0, 0.05) is 5.70 Å². The van der Waals surface area contributed by atoms with Crippen molar-refractivity contribution in [1.82, 2.24) is 10.6 Å². The smallest absolute Gasteiger partial charge is 0.337 e. The molecule has 0 aromatic heterocycles. The van der Waals surface area contributed by atoms with Crippen LogP contribution in [-0.2, 0) is 9.53 Å². The molecule has 2 N–H and O–H groups in total. The Labute approximate surface area is 123 Å². The number of carbonyl (C=O) groups excluding carboxylic acids is 2. The molecule has 0 spiro atoms. The van der Waals surface area contributed by atoms with Gasteiger partial charge in [-0.25, -0.2) is 14.0 Å². The molecule has 0 radical (unpaired) electrons. The van der Waals surface area contributed by atoms with Crippen molar-refractivity contribution in [2.45, 2.75) is 13.0 Å². The van der Waals surface area contributed by atoms with Gasteiger partial charge in [-0.05, 0) is 40.5 Å². The fourth-order valence-corrected chi connectivity index (χ4v) is 2.41. The highest BCUT2D eigenvalue weighted by atomic mass is 79.9. The van der Waals surface area contributed by atoms with Crippen molar-refractivity contribution in [2.24, 2.45) is 0 Å². The van der Waals surface area contributed by atoms with Gasteiger partial charge in [0.25, 0.3) is 0 Å². The monoisotopic (exact) mass is 342 g/mol. The zero-order valence-electron chi connectivity index (χ0n) is 10.8. The molecular formula is C13H12BrFN2O3. The Hall–Kier alpha value is -1.89. The molecule has 0 fully saturated rings. The predicted octanol–water partition coefficient (Wildman–Crippen LogP) is 2.39. The second-order valence-electron chi connectivity index (χ2n) is 4.24. The minimum atomic E-state index is -0.687. The SMILES string of the molecule is COC(=O)C1=C(C)NC(=O)N[C@@H]1c1ccc(F)c(Br)c1. The maximum absolute atomic E-state index is 13.3. The number of ether oxygens (including phenoxy) is 1. The van der Waals surface area contributed by atoms with E-state index in [0.717, 1.165) is 0 Å². The van der Waals surface area contributed by atoms with E-state index in [-0.39, 0.29) is 10.0 Å². The molecule has 2 rings (SSSR count). The molecule has 5 nitrogen and oxygen atoms in total. The van der Waals surface area contributed by atoms with E-state index in [1.807, 2.05) is 0 Å². The molecule has 20 heavy (non-hydrogen) atoms. The molecule has 7 heteroatoms. The number of rotatable bonds is 2. The number of esters is 1. The van der Waals surface area contributed by atoms with Crippen LogP contribution in [0.1, 0.15) is 18.5 Å². The first-order valence-electron chi connectivity index (χ1n) is 5.75. The number of nitrogens with one attached hydrogen (secondary N) is 2. The third-order valence-electron chi connectivity index (χ3n) is 2.95. The van der Waals surface area contributed by atoms with Gasteiger partial charge in [-0.2, -0.15) is 0 Å². The van der Waals surface area contributed by atoms with E-state index in [0.29, 0.717) is 11.3 Å². The maximum atomic E-state index is 13.3. The Morgan fingerprint density at radius 1 is 1.45 bits per heavy atom. The van der Waals surface area contributed by atoms with E-state index in [1.165, 1.54) is 25.3 Å². The zero-order valence-corrected chi connectivity index (χ0v) is 12.4. The van der Waals surface area contributed by atoms with Crippen molar-refractivity contribution in [3.63, 3.8) is 0 Å². The fraction of sp³-hybridized carbons (Fsp3) is 0.231. The van der Waals surface area contributed by atoms with E-state index < -0.39 is 23.9 Å². The minimum absolute atomic E-state index is 0.254. The molecule has 1 aliphatic rings. The van der Waals surface area contributed by atoms with Gasteiger partial charge >= 0.3 is 12.0 Å². The Morgan fingerprint density at radius 2 is 2.15 bits per heavy atom. The summed E-state index contributed by atoms with van der Waals surface area (Å²) in [5, 5.41) is 5.14. The summed E-state index contributed by atoms with van der Waals surface area (Å²) >= 11 is 3.08. The first kappa shape index (κ1) is 14.5. The van der Waals surface area contributed by atoms with Crippen molar-refractivity contribution < 1.29 is 18.7 Å². The quantitative estimate of drug-likeness (QED) is 0.811. The third-order valence-corrected chi connectivity index (χ3v) is 3.56. The number of amides is 2. The summed E-state index contributed by atoms with van der Waals surface area (Å²) in [6.07, 6.45) is 0. The van der Waals surface area contributed by atoms with Crippen LogP contribution in [0.4, 0.5) is 9.18 Å². The summed E-state index contributed by atoms with van der Waals surface area (Å²) in [6, 6.07) is 3.17. The molecule has 106 valence electrons. The molecule has 0 unspecified atom stereocenters. The molecule has 2 amide bonds. The highest BCUT2D eigenvalue weighted by Crippen LogP contribution is 2.29. The highest BCUT2D eigenvalue weighted by Gasteiger charge is 2.32. The molecule has 0 saturated heterocycles. The number of hydrogen-bond acceptors (Lipinski definition) is 3. The van der Waals surface area contributed by atoms with E-state index in [2.05, 4.69) is 26.6 Å². The standard InChI is InChI=1S/C13H12BrFN2O3/c1-6-10(12(18)20-2)11(17-13(19)16-6)7-3-4-9(15)8(14)5-7/h3-5,11H,1-2H3,(H2,16,17,19)/t11-/m1/s1. The average molecular weight is 343 g/mol. The highest BCUT2D eigenvalue weighted by molar-refractivity contribution is 9.10. The topological polar surface area (TPSA) is 67.4 Å². The van der Waals surface area contributed by atoms with Crippen LogP contribution in [0.15, 0.2) is 33.9 Å². The van der Waals surface area contributed by atoms with Gasteiger partial charge in [-0.15, -0.1) is 0 Å². The summed E-state index contributed by atoms with van der Waals surface area (Å²) in [7, 11) is 1.26. The van der Waals surface area contributed by atoms with Gasteiger partial charge in [0.15, 0.2) is 0 Å². The van der Waals surface area contributed by atoms with Gasteiger partial charge in [0.2, 0.25) is 0 Å². The number of methoxy groups -OCH3 is 1. The van der Waals surface area contributed by atoms with Crippen LogP contribution in [0.2, 0.25) is 0 Å². The Morgan fingerprint density at radius 3 is 2.75 bits per heavy atom. The molecule has 1 aliphatic heterocycles. The average Bonchev–Trinajstić information content (AvgIpc) is 2.40. The summed E-state index contributed by atoms with van der Waals surface area (Å²) in [5.41, 5.74) is 1.27. The lowest BCUT2D eigenvalue weighted by atomic mass is 9.95. The van der Waals surface area contributed by atoms with Gasteiger partial charge in [-0.1, -0.05) is 6.07 Å².